The van der Waals surface area contributed by atoms with E-state index in [1.165, 1.54) is 12.8 Å². The Bertz CT molecular complexity index is 380. The predicted octanol–water partition coefficient (Wildman–Crippen LogP) is -0.352. The molecule has 17 heavy (non-hydrogen) atoms. The Morgan fingerprint density at radius 1 is 1.29 bits per heavy atom. The Balaban J connectivity index is 1.51. The fourth-order valence-corrected chi connectivity index (χ4v) is 2.14. The number of tetrazole rings is 1. The van der Waals surface area contributed by atoms with Crippen LogP contribution in [0.2, 0.25) is 0 Å². The van der Waals surface area contributed by atoms with E-state index in [2.05, 4.69) is 20.6 Å². The topological polar surface area (TPSA) is 78.0 Å². The highest BCUT2D eigenvalue weighted by molar-refractivity contribution is 5.77. The van der Waals surface area contributed by atoms with Crippen LogP contribution in [0.25, 0.3) is 0 Å². The van der Waals surface area contributed by atoms with Crippen LogP contribution in [0.5, 0.6) is 0 Å². The van der Waals surface area contributed by atoms with E-state index >= 15 is 0 Å². The van der Waals surface area contributed by atoms with Crippen molar-refractivity contribution in [2.24, 2.45) is 5.92 Å². The summed E-state index contributed by atoms with van der Waals surface area (Å²) in [5.41, 5.74) is 0. The van der Waals surface area contributed by atoms with Crippen molar-refractivity contribution in [1.29, 1.82) is 0 Å². The molecule has 0 aromatic carbocycles. The zero-order valence-corrected chi connectivity index (χ0v) is 9.67. The Morgan fingerprint density at radius 3 is 2.65 bits per heavy atom. The summed E-state index contributed by atoms with van der Waals surface area (Å²) >= 11 is 0. The van der Waals surface area contributed by atoms with Gasteiger partial charge in [-0.05, 0) is 24.0 Å². The molecule has 1 amide bonds. The van der Waals surface area contributed by atoms with E-state index in [4.69, 9.17) is 0 Å². The number of nitrogens with zero attached hydrogens (tertiary/aromatic N) is 5. The molecule has 7 heteroatoms. The molecular weight excluding hydrogens is 220 g/mol. The average Bonchev–Trinajstić information content (AvgIpc) is 3.00. The molecule has 0 bridgehead atoms. The number of hydrogen-bond donors (Lipinski definition) is 1. The first-order chi connectivity index (χ1) is 8.33. The average molecular weight is 236 g/mol. The molecule has 0 radical (unpaired) electrons. The molecular formula is C10H16N6O. The first-order valence-electron chi connectivity index (χ1n) is 6.09. The van der Waals surface area contributed by atoms with E-state index in [0.717, 1.165) is 32.6 Å². The van der Waals surface area contributed by atoms with Crippen molar-refractivity contribution < 1.29 is 4.79 Å². The summed E-state index contributed by atoms with van der Waals surface area (Å²) in [5.74, 6) is 1.59. The second kappa shape index (κ2) is 4.31. The van der Waals surface area contributed by atoms with E-state index < -0.39 is 0 Å². The smallest absolute Gasteiger partial charge is 0.265 e. The number of carbonyl (C=O) groups is 1. The Kier molecular flexibility index (Phi) is 2.66. The Hall–Kier alpha value is -1.66. The van der Waals surface area contributed by atoms with Crippen molar-refractivity contribution in [1.82, 2.24) is 25.5 Å². The molecule has 3 rings (SSSR count). The van der Waals surface area contributed by atoms with Gasteiger partial charge in [-0.25, -0.2) is 0 Å². The summed E-state index contributed by atoms with van der Waals surface area (Å²) in [6, 6.07) is 0. The van der Waals surface area contributed by atoms with Crippen molar-refractivity contribution in [3.63, 3.8) is 0 Å². The maximum atomic E-state index is 11.9. The van der Waals surface area contributed by atoms with E-state index in [-0.39, 0.29) is 0 Å². The van der Waals surface area contributed by atoms with Gasteiger partial charge in [0.05, 0.1) is 0 Å². The largest absolute Gasteiger partial charge is 0.339 e. The Labute approximate surface area is 99.2 Å². The number of aromatic amines is 1. The Morgan fingerprint density at radius 2 is 2.06 bits per heavy atom. The van der Waals surface area contributed by atoms with Crippen molar-refractivity contribution in [2.75, 3.05) is 31.1 Å². The molecule has 2 aliphatic rings. The van der Waals surface area contributed by atoms with E-state index in [9.17, 15) is 4.79 Å². The molecule has 1 saturated carbocycles. The molecule has 2 heterocycles. The number of carbonyl (C=O) groups excluding carboxylic acids is 1. The molecule has 1 aromatic rings. The van der Waals surface area contributed by atoms with Crippen LogP contribution in [-0.2, 0) is 4.79 Å². The third kappa shape index (κ3) is 2.37. The quantitative estimate of drug-likeness (QED) is 0.776. The summed E-state index contributed by atoms with van der Waals surface area (Å²) < 4.78 is 0. The summed E-state index contributed by atoms with van der Waals surface area (Å²) in [6.07, 6.45) is 3.20. The lowest BCUT2D eigenvalue weighted by Crippen LogP contribution is -2.49. The molecule has 92 valence electrons. The van der Waals surface area contributed by atoms with Gasteiger partial charge in [0, 0.05) is 32.6 Å². The lowest BCUT2D eigenvalue weighted by molar-refractivity contribution is -0.131. The van der Waals surface area contributed by atoms with Crippen LogP contribution in [0, 0.1) is 5.92 Å². The summed E-state index contributed by atoms with van der Waals surface area (Å²) in [4.78, 5) is 15.9. The first kappa shape index (κ1) is 10.5. The number of hydrogen-bond acceptors (Lipinski definition) is 5. The molecule has 0 unspecified atom stereocenters. The number of rotatable bonds is 3. The number of nitrogens with one attached hydrogen (secondary N) is 1. The van der Waals surface area contributed by atoms with Gasteiger partial charge in [0.25, 0.3) is 5.95 Å². The maximum absolute atomic E-state index is 11.9. The molecule has 1 saturated heterocycles. The highest BCUT2D eigenvalue weighted by Crippen LogP contribution is 2.32. The molecule has 7 nitrogen and oxygen atoms in total. The summed E-state index contributed by atoms with van der Waals surface area (Å²) in [7, 11) is 0. The van der Waals surface area contributed by atoms with Gasteiger partial charge in [0.2, 0.25) is 5.91 Å². The summed E-state index contributed by atoms with van der Waals surface area (Å²) in [5, 5.41) is 13.9. The fourth-order valence-electron chi connectivity index (χ4n) is 2.14. The van der Waals surface area contributed by atoms with Gasteiger partial charge < -0.3 is 9.80 Å². The summed E-state index contributed by atoms with van der Waals surface area (Å²) in [6.45, 7) is 3.10. The third-order valence-corrected chi connectivity index (χ3v) is 3.41. The first-order valence-corrected chi connectivity index (χ1v) is 6.09. The van der Waals surface area contributed by atoms with E-state index in [1.807, 2.05) is 9.80 Å². The molecule has 1 aliphatic heterocycles. The van der Waals surface area contributed by atoms with Crippen LogP contribution in [-0.4, -0.2) is 57.6 Å². The lowest BCUT2D eigenvalue weighted by atomic mass is 10.2. The third-order valence-electron chi connectivity index (χ3n) is 3.41. The van der Waals surface area contributed by atoms with Crippen molar-refractivity contribution in [2.45, 2.75) is 19.3 Å². The zero-order valence-electron chi connectivity index (χ0n) is 9.67. The molecule has 1 aromatic heterocycles. The predicted molar refractivity (Wildman–Crippen MR) is 60.3 cm³/mol. The molecule has 1 N–H and O–H groups in total. The van der Waals surface area contributed by atoms with Gasteiger partial charge in [-0.1, -0.05) is 5.10 Å². The van der Waals surface area contributed by atoms with Crippen LogP contribution >= 0.6 is 0 Å². The monoisotopic (exact) mass is 236 g/mol. The standard InChI is InChI=1S/C10H16N6O/c17-9(7-8-1-2-8)15-3-5-16(6-4-15)10-11-13-14-12-10/h8H,1-7H2,(H,11,12,13,14). The van der Waals surface area contributed by atoms with Crippen molar-refractivity contribution in [3.05, 3.63) is 0 Å². The van der Waals surface area contributed by atoms with Crippen molar-refractivity contribution in [3.8, 4) is 0 Å². The van der Waals surface area contributed by atoms with Crippen LogP contribution < -0.4 is 4.90 Å². The van der Waals surface area contributed by atoms with Gasteiger partial charge in [-0.3, -0.25) is 4.79 Å². The van der Waals surface area contributed by atoms with Crippen LogP contribution in [0.3, 0.4) is 0 Å². The number of amides is 1. The molecule has 0 spiro atoms. The van der Waals surface area contributed by atoms with Gasteiger partial charge in [-0.15, -0.1) is 5.10 Å². The van der Waals surface area contributed by atoms with Gasteiger partial charge in [0.1, 0.15) is 0 Å². The fraction of sp³-hybridized carbons (Fsp3) is 0.800. The number of H-pyrrole nitrogens is 1. The van der Waals surface area contributed by atoms with E-state index in [1.54, 1.807) is 0 Å². The van der Waals surface area contributed by atoms with Gasteiger partial charge in [-0.2, -0.15) is 5.21 Å². The van der Waals surface area contributed by atoms with Crippen molar-refractivity contribution >= 4 is 11.9 Å². The minimum Gasteiger partial charge on any atom is -0.339 e. The number of anilines is 1. The second-order valence-electron chi connectivity index (χ2n) is 4.73. The van der Waals surface area contributed by atoms with Gasteiger partial charge >= 0.3 is 0 Å². The SMILES string of the molecule is O=C(CC1CC1)N1CCN(c2nn[nH]n2)CC1. The minimum absolute atomic E-state index is 0.306. The molecule has 1 aliphatic carbocycles. The highest BCUT2D eigenvalue weighted by Gasteiger charge is 2.29. The van der Waals surface area contributed by atoms with E-state index in [0.29, 0.717) is 17.8 Å². The van der Waals surface area contributed by atoms with Crippen LogP contribution in [0.1, 0.15) is 19.3 Å². The maximum Gasteiger partial charge on any atom is 0.265 e. The minimum atomic E-state index is 0.306. The zero-order chi connectivity index (χ0) is 11.7. The molecule has 2 fully saturated rings. The van der Waals surface area contributed by atoms with Crippen LogP contribution in [0.15, 0.2) is 0 Å². The highest BCUT2D eigenvalue weighted by atomic mass is 16.2. The normalized spacial score (nSPS) is 20.7. The molecule has 0 atom stereocenters. The number of aromatic nitrogens is 4. The number of piperazine rings is 1. The second-order valence-corrected chi connectivity index (χ2v) is 4.73. The van der Waals surface area contributed by atoms with Gasteiger partial charge in [0.15, 0.2) is 0 Å². The van der Waals surface area contributed by atoms with Crippen LogP contribution in [0.4, 0.5) is 5.95 Å². The lowest BCUT2D eigenvalue weighted by Gasteiger charge is -2.33.